The maximum absolute atomic E-state index is 12.7. The lowest BCUT2D eigenvalue weighted by atomic mass is 9.49. The Bertz CT molecular complexity index is 720. The van der Waals surface area contributed by atoms with Crippen LogP contribution in [-0.2, 0) is 10.2 Å². The lowest BCUT2D eigenvalue weighted by Gasteiger charge is -2.53. The first-order valence-electron chi connectivity index (χ1n) is 8.12. The molecule has 4 heteroatoms. The van der Waals surface area contributed by atoms with E-state index in [9.17, 15) is 19.5 Å². The fourth-order valence-electron chi connectivity index (χ4n) is 4.69. The zero-order chi connectivity index (χ0) is 17.0. The summed E-state index contributed by atoms with van der Waals surface area (Å²) in [5.41, 5.74) is 0.849. The van der Waals surface area contributed by atoms with Crippen LogP contribution >= 0.6 is 0 Å². The SMILES string of the molecule is CC(=O)c1ccc2c(c1)C(=O)CC1C(C)(C(=O)O)CCCC21C. The fraction of sp³-hybridized carbons (Fsp3) is 0.526. The second-order valence-electron chi connectivity index (χ2n) is 7.49. The number of carboxylic acid groups (broad SMARTS) is 1. The summed E-state index contributed by atoms with van der Waals surface area (Å²) in [5, 5.41) is 9.75. The number of fused-ring (bicyclic) bond motifs is 3. The number of carboxylic acids is 1. The number of benzene rings is 1. The Morgan fingerprint density at radius 2 is 1.91 bits per heavy atom. The second kappa shape index (κ2) is 5.02. The predicted molar refractivity (Wildman–Crippen MR) is 85.8 cm³/mol. The first-order valence-corrected chi connectivity index (χ1v) is 8.12. The molecular formula is C19H22O4. The Hall–Kier alpha value is -1.97. The van der Waals surface area contributed by atoms with Gasteiger partial charge >= 0.3 is 5.97 Å². The minimum Gasteiger partial charge on any atom is -0.481 e. The molecule has 0 bridgehead atoms. The topological polar surface area (TPSA) is 71.4 Å². The van der Waals surface area contributed by atoms with Crippen LogP contribution in [0.1, 0.15) is 72.7 Å². The molecule has 0 saturated heterocycles. The van der Waals surface area contributed by atoms with Crippen LogP contribution in [-0.4, -0.2) is 22.6 Å². The number of carbonyl (C=O) groups excluding carboxylic acids is 2. The molecule has 2 aliphatic carbocycles. The van der Waals surface area contributed by atoms with Crippen LogP contribution in [0.5, 0.6) is 0 Å². The van der Waals surface area contributed by atoms with E-state index < -0.39 is 11.4 Å². The van der Waals surface area contributed by atoms with E-state index >= 15 is 0 Å². The molecule has 1 aromatic carbocycles. The lowest BCUT2D eigenvalue weighted by Crippen LogP contribution is -2.53. The highest BCUT2D eigenvalue weighted by Gasteiger charge is 2.56. The fourth-order valence-corrected chi connectivity index (χ4v) is 4.69. The zero-order valence-electron chi connectivity index (χ0n) is 13.8. The molecular weight excluding hydrogens is 292 g/mol. The van der Waals surface area contributed by atoms with Crippen molar-refractivity contribution in [1.82, 2.24) is 0 Å². The summed E-state index contributed by atoms with van der Waals surface area (Å²) >= 11 is 0. The molecule has 0 spiro atoms. The van der Waals surface area contributed by atoms with Gasteiger partial charge in [-0.15, -0.1) is 0 Å². The van der Waals surface area contributed by atoms with E-state index in [0.29, 0.717) is 17.5 Å². The largest absolute Gasteiger partial charge is 0.481 e. The average molecular weight is 314 g/mol. The van der Waals surface area contributed by atoms with Crippen molar-refractivity contribution in [2.24, 2.45) is 11.3 Å². The monoisotopic (exact) mass is 314 g/mol. The van der Waals surface area contributed by atoms with Crippen LogP contribution < -0.4 is 0 Å². The van der Waals surface area contributed by atoms with E-state index in [1.165, 1.54) is 6.92 Å². The molecule has 1 N–H and O–H groups in total. The zero-order valence-corrected chi connectivity index (χ0v) is 13.8. The summed E-state index contributed by atoms with van der Waals surface area (Å²) in [5.74, 6) is -1.12. The van der Waals surface area contributed by atoms with Crippen molar-refractivity contribution in [3.05, 3.63) is 34.9 Å². The van der Waals surface area contributed by atoms with E-state index in [1.54, 1.807) is 19.1 Å². The molecule has 1 saturated carbocycles. The van der Waals surface area contributed by atoms with Crippen LogP contribution in [0.2, 0.25) is 0 Å². The van der Waals surface area contributed by atoms with E-state index in [-0.39, 0.29) is 29.3 Å². The molecule has 0 heterocycles. The number of hydrogen-bond donors (Lipinski definition) is 1. The predicted octanol–water partition coefficient (Wildman–Crippen LogP) is 3.62. The Labute approximate surface area is 135 Å². The van der Waals surface area contributed by atoms with Gasteiger partial charge in [0.05, 0.1) is 5.41 Å². The molecule has 2 aliphatic rings. The van der Waals surface area contributed by atoms with Crippen molar-refractivity contribution < 1.29 is 19.5 Å². The number of Topliss-reactive ketones (excluding diaryl/α,β-unsaturated/α-hetero) is 2. The molecule has 4 nitrogen and oxygen atoms in total. The smallest absolute Gasteiger partial charge is 0.309 e. The third kappa shape index (κ3) is 2.15. The molecule has 0 amide bonds. The molecule has 0 aliphatic heterocycles. The maximum atomic E-state index is 12.7. The summed E-state index contributed by atoms with van der Waals surface area (Å²) in [7, 11) is 0. The van der Waals surface area contributed by atoms with Crippen LogP contribution in [0.4, 0.5) is 0 Å². The molecule has 3 atom stereocenters. The van der Waals surface area contributed by atoms with E-state index in [1.807, 2.05) is 6.07 Å². The summed E-state index contributed by atoms with van der Waals surface area (Å²) in [6.07, 6.45) is 2.56. The molecule has 0 radical (unpaired) electrons. The highest BCUT2D eigenvalue weighted by molar-refractivity contribution is 6.03. The molecule has 1 aromatic rings. The second-order valence-corrected chi connectivity index (χ2v) is 7.49. The summed E-state index contributed by atoms with van der Waals surface area (Å²) in [6, 6.07) is 5.31. The van der Waals surface area contributed by atoms with Crippen molar-refractivity contribution in [1.29, 1.82) is 0 Å². The minimum absolute atomic E-state index is 0.0417. The van der Waals surface area contributed by atoms with Crippen molar-refractivity contribution >= 4 is 17.5 Å². The molecule has 3 unspecified atom stereocenters. The van der Waals surface area contributed by atoms with E-state index in [0.717, 1.165) is 18.4 Å². The van der Waals surface area contributed by atoms with Crippen LogP contribution in [0.25, 0.3) is 0 Å². The number of rotatable bonds is 2. The normalized spacial score (nSPS) is 32.8. The van der Waals surface area contributed by atoms with Gasteiger partial charge in [-0.25, -0.2) is 0 Å². The molecule has 122 valence electrons. The van der Waals surface area contributed by atoms with Gasteiger partial charge in [0, 0.05) is 17.5 Å². The van der Waals surface area contributed by atoms with Gasteiger partial charge in [-0.05, 0) is 49.7 Å². The Balaban J connectivity index is 2.18. The number of hydrogen-bond acceptors (Lipinski definition) is 3. The third-order valence-corrected chi connectivity index (χ3v) is 6.15. The molecule has 0 aromatic heterocycles. The van der Waals surface area contributed by atoms with Crippen LogP contribution in [0.15, 0.2) is 18.2 Å². The number of aliphatic carboxylic acids is 1. The van der Waals surface area contributed by atoms with Crippen molar-refractivity contribution in [2.75, 3.05) is 0 Å². The van der Waals surface area contributed by atoms with Crippen molar-refractivity contribution in [3.63, 3.8) is 0 Å². The van der Waals surface area contributed by atoms with E-state index in [4.69, 9.17) is 0 Å². The highest BCUT2D eigenvalue weighted by atomic mass is 16.4. The van der Waals surface area contributed by atoms with Gasteiger partial charge in [0.15, 0.2) is 11.6 Å². The standard InChI is InChI=1S/C19H22O4/c1-11(20)12-5-6-14-13(9-12)15(21)10-16-18(14,2)7-4-8-19(16,3)17(22)23/h5-6,9,16H,4,7-8,10H2,1-3H3,(H,22,23). The summed E-state index contributed by atoms with van der Waals surface area (Å²) < 4.78 is 0. The highest BCUT2D eigenvalue weighted by Crippen LogP contribution is 2.57. The van der Waals surface area contributed by atoms with Gasteiger partial charge in [-0.1, -0.05) is 25.5 Å². The Morgan fingerprint density at radius 3 is 2.52 bits per heavy atom. The van der Waals surface area contributed by atoms with Gasteiger partial charge < -0.3 is 5.11 Å². The number of carbonyl (C=O) groups is 3. The molecule has 23 heavy (non-hydrogen) atoms. The Kier molecular flexibility index (Phi) is 3.47. The quantitative estimate of drug-likeness (QED) is 0.846. The molecule has 1 fully saturated rings. The van der Waals surface area contributed by atoms with Gasteiger partial charge in [-0.3, -0.25) is 14.4 Å². The van der Waals surface area contributed by atoms with Gasteiger partial charge in [-0.2, -0.15) is 0 Å². The third-order valence-electron chi connectivity index (χ3n) is 6.15. The maximum Gasteiger partial charge on any atom is 0.309 e. The van der Waals surface area contributed by atoms with E-state index in [2.05, 4.69) is 6.92 Å². The first-order chi connectivity index (χ1) is 10.7. The molecule has 3 rings (SSSR count). The van der Waals surface area contributed by atoms with Crippen molar-refractivity contribution in [3.8, 4) is 0 Å². The van der Waals surface area contributed by atoms with Gasteiger partial charge in [0.1, 0.15) is 0 Å². The average Bonchev–Trinajstić information content (AvgIpc) is 2.49. The van der Waals surface area contributed by atoms with Gasteiger partial charge in [0.2, 0.25) is 0 Å². The number of ketones is 2. The lowest BCUT2D eigenvalue weighted by molar-refractivity contribution is -0.156. The summed E-state index contributed by atoms with van der Waals surface area (Å²) in [4.78, 5) is 36.1. The first kappa shape index (κ1) is 15.9. The van der Waals surface area contributed by atoms with Crippen LogP contribution in [0, 0.1) is 11.3 Å². The summed E-state index contributed by atoms with van der Waals surface area (Å²) in [6.45, 7) is 5.35. The van der Waals surface area contributed by atoms with Gasteiger partial charge in [0.25, 0.3) is 0 Å². The van der Waals surface area contributed by atoms with Crippen LogP contribution in [0.3, 0.4) is 0 Å². The Morgan fingerprint density at radius 1 is 1.22 bits per heavy atom. The van der Waals surface area contributed by atoms with Crippen molar-refractivity contribution in [2.45, 2.75) is 51.9 Å². The minimum atomic E-state index is -0.875.